The fourth-order valence-electron chi connectivity index (χ4n) is 2.47. The van der Waals surface area contributed by atoms with E-state index in [2.05, 4.69) is 44.0 Å². The fourth-order valence-corrected chi connectivity index (χ4v) is 2.47. The Morgan fingerprint density at radius 1 is 1.32 bits per heavy atom. The van der Waals surface area contributed by atoms with Gasteiger partial charge in [0.2, 0.25) is 0 Å². The lowest BCUT2D eigenvalue weighted by Gasteiger charge is -2.30. The standard InChI is InChI=1S/C16H28N2O/c1-13-5-8-18(9-6-13)12-14-7-10-19-15(14)11-17-16(2,3)4/h7,10,13,17H,5-6,8-9,11-12H2,1-4H3. The van der Waals surface area contributed by atoms with Crippen LogP contribution in [0, 0.1) is 5.92 Å². The normalized spacial score (nSPS) is 18.9. The van der Waals surface area contributed by atoms with Gasteiger partial charge in [-0.25, -0.2) is 0 Å². The summed E-state index contributed by atoms with van der Waals surface area (Å²) in [6.45, 7) is 13.2. The zero-order valence-corrected chi connectivity index (χ0v) is 12.8. The average molecular weight is 264 g/mol. The molecule has 0 amide bonds. The minimum atomic E-state index is 0.130. The highest BCUT2D eigenvalue weighted by atomic mass is 16.3. The van der Waals surface area contributed by atoms with Crippen LogP contribution in [0.15, 0.2) is 16.7 Å². The molecule has 1 N–H and O–H groups in total. The Balaban J connectivity index is 1.88. The van der Waals surface area contributed by atoms with Crippen LogP contribution in [0.5, 0.6) is 0 Å². The molecule has 0 saturated carbocycles. The molecule has 1 fully saturated rings. The topological polar surface area (TPSA) is 28.4 Å². The summed E-state index contributed by atoms with van der Waals surface area (Å²) in [5, 5.41) is 3.50. The molecule has 1 aromatic rings. The summed E-state index contributed by atoms with van der Waals surface area (Å²) >= 11 is 0. The van der Waals surface area contributed by atoms with Crippen LogP contribution in [0.3, 0.4) is 0 Å². The van der Waals surface area contributed by atoms with Crippen LogP contribution in [-0.2, 0) is 13.1 Å². The highest BCUT2D eigenvalue weighted by molar-refractivity contribution is 5.17. The average Bonchev–Trinajstić information content (AvgIpc) is 2.76. The number of hydrogen-bond acceptors (Lipinski definition) is 3. The van der Waals surface area contributed by atoms with Crippen molar-refractivity contribution in [1.29, 1.82) is 0 Å². The molecular weight excluding hydrogens is 236 g/mol. The summed E-state index contributed by atoms with van der Waals surface area (Å²) in [6, 6.07) is 2.12. The molecule has 1 aliphatic heterocycles. The first-order valence-electron chi connectivity index (χ1n) is 7.47. The van der Waals surface area contributed by atoms with E-state index in [1.807, 2.05) is 6.26 Å². The molecule has 2 heterocycles. The molecule has 3 heteroatoms. The number of furan rings is 1. The van der Waals surface area contributed by atoms with E-state index in [0.29, 0.717) is 0 Å². The van der Waals surface area contributed by atoms with E-state index in [9.17, 15) is 0 Å². The van der Waals surface area contributed by atoms with Gasteiger partial charge in [-0.15, -0.1) is 0 Å². The maximum Gasteiger partial charge on any atom is 0.122 e. The smallest absolute Gasteiger partial charge is 0.122 e. The Morgan fingerprint density at radius 2 is 2.00 bits per heavy atom. The van der Waals surface area contributed by atoms with Crippen molar-refractivity contribution in [3.63, 3.8) is 0 Å². The molecule has 0 radical (unpaired) electrons. The Morgan fingerprint density at radius 3 is 2.63 bits per heavy atom. The Kier molecular flexibility index (Phi) is 4.69. The van der Waals surface area contributed by atoms with Crippen molar-refractivity contribution < 1.29 is 4.42 Å². The quantitative estimate of drug-likeness (QED) is 0.903. The van der Waals surface area contributed by atoms with Crippen molar-refractivity contribution in [3.8, 4) is 0 Å². The Hall–Kier alpha value is -0.800. The van der Waals surface area contributed by atoms with E-state index < -0.39 is 0 Å². The van der Waals surface area contributed by atoms with Gasteiger partial charge in [0.1, 0.15) is 5.76 Å². The summed E-state index contributed by atoms with van der Waals surface area (Å²) < 4.78 is 5.63. The molecule has 0 bridgehead atoms. The van der Waals surface area contributed by atoms with Crippen LogP contribution in [0.2, 0.25) is 0 Å². The lowest BCUT2D eigenvalue weighted by atomic mass is 9.99. The Labute approximate surface area is 117 Å². The van der Waals surface area contributed by atoms with Crippen molar-refractivity contribution in [2.75, 3.05) is 13.1 Å². The van der Waals surface area contributed by atoms with Gasteiger partial charge in [0, 0.05) is 17.6 Å². The molecule has 0 unspecified atom stereocenters. The highest BCUT2D eigenvalue weighted by Crippen LogP contribution is 2.20. The minimum absolute atomic E-state index is 0.130. The van der Waals surface area contributed by atoms with E-state index in [1.54, 1.807) is 0 Å². The first-order chi connectivity index (χ1) is 8.94. The van der Waals surface area contributed by atoms with Crippen LogP contribution in [0.4, 0.5) is 0 Å². The number of likely N-dealkylation sites (tertiary alicyclic amines) is 1. The first-order valence-corrected chi connectivity index (χ1v) is 7.47. The maximum absolute atomic E-state index is 5.63. The highest BCUT2D eigenvalue weighted by Gasteiger charge is 2.18. The largest absolute Gasteiger partial charge is 0.468 e. The summed E-state index contributed by atoms with van der Waals surface area (Å²) in [5.74, 6) is 1.98. The van der Waals surface area contributed by atoms with E-state index in [4.69, 9.17) is 4.42 Å². The number of piperidine rings is 1. The molecule has 108 valence electrons. The molecule has 0 aromatic carbocycles. The maximum atomic E-state index is 5.63. The first kappa shape index (κ1) is 14.6. The van der Waals surface area contributed by atoms with Crippen molar-refractivity contribution in [3.05, 3.63) is 23.7 Å². The lowest BCUT2D eigenvalue weighted by Crippen LogP contribution is -2.36. The molecular formula is C16H28N2O. The van der Waals surface area contributed by atoms with Crippen molar-refractivity contribution in [2.24, 2.45) is 5.92 Å². The summed E-state index contributed by atoms with van der Waals surface area (Å²) in [5.41, 5.74) is 1.47. The molecule has 3 nitrogen and oxygen atoms in total. The van der Waals surface area contributed by atoms with Gasteiger partial charge in [0.25, 0.3) is 0 Å². The molecule has 1 saturated heterocycles. The van der Waals surface area contributed by atoms with Gasteiger partial charge in [-0.05, 0) is 58.7 Å². The van der Waals surface area contributed by atoms with Crippen LogP contribution in [0.1, 0.15) is 51.9 Å². The molecule has 1 aromatic heterocycles. The number of nitrogens with zero attached hydrogens (tertiary/aromatic N) is 1. The zero-order chi connectivity index (χ0) is 13.9. The zero-order valence-electron chi connectivity index (χ0n) is 12.8. The van der Waals surface area contributed by atoms with Crippen LogP contribution in [0.25, 0.3) is 0 Å². The van der Waals surface area contributed by atoms with Crippen LogP contribution < -0.4 is 5.32 Å². The summed E-state index contributed by atoms with van der Waals surface area (Å²) in [4.78, 5) is 2.55. The predicted octanol–water partition coefficient (Wildman–Crippen LogP) is 3.40. The Bertz CT molecular complexity index is 384. The minimum Gasteiger partial charge on any atom is -0.468 e. The van der Waals surface area contributed by atoms with E-state index in [0.717, 1.165) is 24.8 Å². The lowest BCUT2D eigenvalue weighted by molar-refractivity contribution is 0.184. The second kappa shape index (κ2) is 6.10. The van der Waals surface area contributed by atoms with Gasteiger partial charge < -0.3 is 9.73 Å². The van der Waals surface area contributed by atoms with Crippen LogP contribution in [-0.4, -0.2) is 23.5 Å². The fraction of sp³-hybridized carbons (Fsp3) is 0.750. The van der Waals surface area contributed by atoms with Crippen molar-refractivity contribution >= 4 is 0 Å². The third-order valence-electron chi connectivity index (χ3n) is 3.89. The molecule has 0 aliphatic carbocycles. The predicted molar refractivity (Wildman–Crippen MR) is 79.0 cm³/mol. The van der Waals surface area contributed by atoms with Crippen molar-refractivity contribution in [1.82, 2.24) is 10.2 Å². The van der Waals surface area contributed by atoms with Crippen LogP contribution >= 0.6 is 0 Å². The number of hydrogen-bond donors (Lipinski definition) is 1. The van der Waals surface area contributed by atoms with Gasteiger partial charge in [-0.3, -0.25) is 4.90 Å². The molecule has 0 spiro atoms. The molecule has 0 atom stereocenters. The van der Waals surface area contributed by atoms with E-state index in [-0.39, 0.29) is 5.54 Å². The van der Waals surface area contributed by atoms with Crippen molar-refractivity contribution in [2.45, 2.75) is 59.2 Å². The second-order valence-corrected chi connectivity index (χ2v) is 6.93. The SMILES string of the molecule is CC1CCN(Cc2ccoc2CNC(C)(C)C)CC1. The van der Waals surface area contributed by atoms with Gasteiger partial charge in [0.05, 0.1) is 12.8 Å². The monoisotopic (exact) mass is 264 g/mol. The van der Waals surface area contributed by atoms with Gasteiger partial charge in [-0.1, -0.05) is 6.92 Å². The number of nitrogens with one attached hydrogen (secondary N) is 1. The van der Waals surface area contributed by atoms with E-state index in [1.165, 1.54) is 31.5 Å². The number of rotatable bonds is 4. The van der Waals surface area contributed by atoms with E-state index >= 15 is 0 Å². The third kappa shape index (κ3) is 4.66. The third-order valence-corrected chi connectivity index (χ3v) is 3.89. The summed E-state index contributed by atoms with van der Waals surface area (Å²) in [7, 11) is 0. The molecule has 2 rings (SSSR count). The van der Waals surface area contributed by atoms with Gasteiger partial charge in [0.15, 0.2) is 0 Å². The summed E-state index contributed by atoms with van der Waals surface area (Å²) in [6.07, 6.45) is 4.47. The second-order valence-electron chi connectivity index (χ2n) is 6.93. The van der Waals surface area contributed by atoms with Gasteiger partial charge >= 0.3 is 0 Å². The van der Waals surface area contributed by atoms with Gasteiger partial charge in [-0.2, -0.15) is 0 Å². The molecule has 1 aliphatic rings. The molecule has 19 heavy (non-hydrogen) atoms.